The van der Waals surface area contributed by atoms with E-state index < -0.39 is 46.7 Å². The summed E-state index contributed by atoms with van der Waals surface area (Å²) in [5.41, 5.74) is 8.75. The Morgan fingerprint density at radius 3 is 2.62 bits per heavy atom. The van der Waals surface area contributed by atoms with Gasteiger partial charge in [-0.3, -0.25) is 19.9 Å². The van der Waals surface area contributed by atoms with Gasteiger partial charge >= 0.3 is 12.0 Å². The molecule has 3 rings (SSSR count). The Morgan fingerprint density at radius 2 is 2.00 bits per heavy atom. The first-order chi connectivity index (χ1) is 16.1. The molecular weight excluding hydrogens is 459 g/mol. The fourth-order valence-electron chi connectivity index (χ4n) is 2.62. The van der Waals surface area contributed by atoms with Gasteiger partial charge in [0.25, 0.3) is 11.5 Å². The van der Waals surface area contributed by atoms with Crippen molar-refractivity contribution in [2.45, 2.75) is 18.9 Å². The first-order valence-electron chi connectivity index (χ1n) is 9.29. The van der Waals surface area contributed by atoms with Gasteiger partial charge in [0.15, 0.2) is 28.8 Å². The van der Waals surface area contributed by atoms with Crippen molar-refractivity contribution in [3.05, 3.63) is 40.0 Å². The first-order valence-corrected chi connectivity index (χ1v) is 9.29. The molecule has 10 N–H and O–H groups in total. The number of amides is 3. The van der Waals surface area contributed by atoms with Gasteiger partial charge in [-0.2, -0.15) is 10.2 Å². The summed E-state index contributed by atoms with van der Waals surface area (Å²) in [6.07, 6.45) is 0.935. The number of nitrogens with one attached hydrogen (secondary N) is 5. The number of urea groups is 1. The highest BCUT2D eigenvalue weighted by molar-refractivity contribution is 6.01. The van der Waals surface area contributed by atoms with Crippen molar-refractivity contribution < 1.29 is 23.9 Å². The van der Waals surface area contributed by atoms with Gasteiger partial charge in [-0.25, -0.2) is 19.0 Å². The number of rotatable bonds is 8. The molecule has 3 aromatic rings. The maximum absolute atomic E-state index is 14.4. The average molecular weight is 476 g/mol. The summed E-state index contributed by atoms with van der Waals surface area (Å²) >= 11 is 0. The lowest BCUT2D eigenvalue weighted by Gasteiger charge is -2.14. The molecule has 0 aliphatic heterocycles. The summed E-state index contributed by atoms with van der Waals surface area (Å²) in [6, 6.07) is -1.60. The van der Waals surface area contributed by atoms with Gasteiger partial charge < -0.3 is 27.2 Å². The third-order valence-electron chi connectivity index (χ3n) is 4.17. The smallest absolute Gasteiger partial charge is 0.326 e. The fraction of sp³-hybridized carbons (Fsp3) is 0.188. The van der Waals surface area contributed by atoms with Crippen molar-refractivity contribution in [1.82, 2.24) is 40.9 Å². The van der Waals surface area contributed by atoms with E-state index in [1.54, 1.807) is 0 Å². The van der Waals surface area contributed by atoms with E-state index >= 15 is 0 Å². The highest BCUT2D eigenvalue weighted by Crippen LogP contribution is 2.14. The van der Waals surface area contributed by atoms with Crippen LogP contribution in [0.25, 0.3) is 0 Å². The summed E-state index contributed by atoms with van der Waals surface area (Å²) in [6.45, 7) is 0. The SMILES string of the molecule is Nc1nc(N)c(NC(=O)Nc2cnc(C(=O)N[C@@H](CCc3nn[nH]n3)C(=O)O)c(F)c2)c(=O)[nH]1. The van der Waals surface area contributed by atoms with Gasteiger partial charge in [-0.05, 0) is 6.42 Å². The average Bonchev–Trinajstić information content (AvgIpc) is 3.27. The predicted octanol–water partition coefficient (Wildman–Crippen LogP) is -1.56. The number of nitrogen functional groups attached to an aromatic ring is 2. The molecule has 0 unspecified atom stereocenters. The quantitative estimate of drug-likeness (QED) is 0.183. The third-order valence-corrected chi connectivity index (χ3v) is 4.17. The van der Waals surface area contributed by atoms with E-state index in [0.717, 1.165) is 12.3 Å². The minimum Gasteiger partial charge on any atom is -0.480 e. The highest BCUT2D eigenvalue weighted by atomic mass is 19.1. The van der Waals surface area contributed by atoms with Crippen LogP contribution < -0.4 is 33.0 Å². The Labute approximate surface area is 187 Å². The molecule has 3 amide bonds. The minimum atomic E-state index is -1.38. The summed E-state index contributed by atoms with van der Waals surface area (Å²) in [5.74, 6) is -3.98. The van der Waals surface area contributed by atoms with Gasteiger partial charge in [-0.1, -0.05) is 5.21 Å². The second-order valence-corrected chi connectivity index (χ2v) is 6.58. The lowest BCUT2D eigenvalue weighted by Crippen LogP contribution is -2.41. The zero-order chi connectivity index (χ0) is 24.8. The van der Waals surface area contributed by atoms with Crippen molar-refractivity contribution in [2.75, 3.05) is 22.1 Å². The van der Waals surface area contributed by atoms with Crippen LogP contribution in [0.15, 0.2) is 17.1 Å². The van der Waals surface area contributed by atoms with Crippen molar-refractivity contribution in [1.29, 1.82) is 0 Å². The Morgan fingerprint density at radius 1 is 1.24 bits per heavy atom. The molecule has 0 radical (unpaired) electrons. The molecule has 0 saturated carbocycles. The van der Waals surface area contributed by atoms with Crippen LogP contribution in [0.3, 0.4) is 0 Å². The van der Waals surface area contributed by atoms with Crippen LogP contribution >= 0.6 is 0 Å². The van der Waals surface area contributed by atoms with Gasteiger partial charge in [0.2, 0.25) is 5.95 Å². The number of carboxylic acid groups (broad SMARTS) is 1. The van der Waals surface area contributed by atoms with E-state index in [1.807, 2.05) is 0 Å². The van der Waals surface area contributed by atoms with E-state index in [0.29, 0.717) is 0 Å². The van der Waals surface area contributed by atoms with Gasteiger partial charge in [0, 0.05) is 12.5 Å². The van der Waals surface area contributed by atoms with Gasteiger partial charge in [-0.15, -0.1) is 10.2 Å². The van der Waals surface area contributed by atoms with Gasteiger partial charge in [0.05, 0.1) is 11.9 Å². The maximum Gasteiger partial charge on any atom is 0.326 e. The van der Waals surface area contributed by atoms with Crippen molar-refractivity contribution in [3.63, 3.8) is 0 Å². The van der Waals surface area contributed by atoms with Crippen LogP contribution in [0, 0.1) is 5.82 Å². The molecule has 0 bridgehead atoms. The molecule has 18 heteroatoms. The molecule has 0 aliphatic rings. The van der Waals surface area contributed by atoms with Crippen molar-refractivity contribution in [2.24, 2.45) is 0 Å². The van der Waals surface area contributed by atoms with Crippen LogP contribution in [-0.2, 0) is 11.2 Å². The summed E-state index contributed by atoms with van der Waals surface area (Å²) in [4.78, 5) is 57.0. The predicted molar refractivity (Wildman–Crippen MR) is 112 cm³/mol. The largest absolute Gasteiger partial charge is 0.480 e. The number of pyridine rings is 1. The number of hydrogen-bond donors (Lipinski definition) is 8. The molecule has 0 spiro atoms. The molecule has 178 valence electrons. The molecule has 0 aliphatic carbocycles. The normalized spacial score (nSPS) is 11.4. The van der Waals surface area contributed by atoms with Crippen molar-refractivity contribution in [3.8, 4) is 0 Å². The van der Waals surface area contributed by atoms with E-state index in [9.17, 15) is 28.7 Å². The summed E-state index contributed by atoms with van der Waals surface area (Å²) in [5, 5.41) is 28.6. The number of aryl methyl sites for hydroxylation is 1. The third kappa shape index (κ3) is 5.75. The molecule has 34 heavy (non-hydrogen) atoms. The number of aliphatic carboxylic acids is 1. The Hall–Kier alpha value is -5.16. The van der Waals surface area contributed by atoms with E-state index in [4.69, 9.17) is 11.5 Å². The number of hydrogen-bond acceptors (Lipinski definition) is 11. The number of anilines is 4. The molecule has 3 aromatic heterocycles. The van der Waals surface area contributed by atoms with Crippen LogP contribution in [0.1, 0.15) is 22.7 Å². The number of carbonyl (C=O) groups is 3. The number of H-pyrrole nitrogens is 2. The highest BCUT2D eigenvalue weighted by Gasteiger charge is 2.24. The number of nitrogens with two attached hydrogens (primary N) is 2. The number of aromatic amines is 2. The van der Waals surface area contributed by atoms with Gasteiger partial charge in [0.1, 0.15) is 6.04 Å². The molecule has 3 heterocycles. The second kappa shape index (κ2) is 9.97. The van der Waals surface area contributed by atoms with E-state index in [-0.39, 0.29) is 36.1 Å². The Balaban J connectivity index is 1.64. The second-order valence-electron chi connectivity index (χ2n) is 6.58. The van der Waals surface area contributed by atoms with Crippen molar-refractivity contribution >= 4 is 41.0 Å². The molecule has 0 fully saturated rings. The van der Waals surface area contributed by atoms with Crippen LogP contribution in [-0.4, -0.2) is 64.6 Å². The maximum atomic E-state index is 14.4. The number of nitrogens with zero attached hydrogens (tertiary/aromatic N) is 5. The zero-order valence-corrected chi connectivity index (χ0v) is 17.0. The molecule has 0 aromatic carbocycles. The zero-order valence-electron chi connectivity index (χ0n) is 17.0. The Kier molecular flexibility index (Phi) is 6.89. The number of carbonyl (C=O) groups excluding carboxylic acids is 2. The standard InChI is InChI=1S/C16H17FN12O5/c17-6-3-5(21-16(34)23-10-11(18)24-15(19)25-13(10)31)4-20-9(6)12(30)22-7(14(32)33)1-2-8-26-28-29-27-8/h3-4,7H,1-2H2,(H,22,30)(H,32,33)(H2,21,23,34)(H,26,27,28,29)(H5,18,19,24,25,31)/t7-/m0/s1. The number of aromatic nitrogens is 7. The monoisotopic (exact) mass is 476 g/mol. The lowest BCUT2D eigenvalue weighted by atomic mass is 10.1. The number of carboxylic acids is 1. The topological polar surface area (TPSA) is 273 Å². The first kappa shape index (κ1) is 23.5. The lowest BCUT2D eigenvalue weighted by molar-refractivity contribution is -0.139. The number of halogens is 1. The van der Waals surface area contributed by atoms with Crippen LogP contribution in [0.2, 0.25) is 0 Å². The van der Waals surface area contributed by atoms with Crippen LogP contribution in [0.5, 0.6) is 0 Å². The molecule has 1 atom stereocenters. The molecule has 17 nitrogen and oxygen atoms in total. The summed E-state index contributed by atoms with van der Waals surface area (Å²) < 4.78 is 14.4. The van der Waals surface area contributed by atoms with Crippen LogP contribution in [0.4, 0.5) is 32.3 Å². The number of tetrazole rings is 1. The summed E-state index contributed by atoms with van der Waals surface area (Å²) in [7, 11) is 0. The fourth-order valence-corrected chi connectivity index (χ4v) is 2.62. The molecule has 0 saturated heterocycles. The van der Waals surface area contributed by atoms with E-state index in [2.05, 4.69) is 51.5 Å². The van der Waals surface area contributed by atoms with E-state index in [1.165, 1.54) is 0 Å². The minimum absolute atomic E-state index is 0.0818. The Bertz CT molecular complexity index is 1280. The molecular formula is C16H17FN12O5.